The highest BCUT2D eigenvalue weighted by Crippen LogP contribution is 2.33. The van der Waals surface area contributed by atoms with Crippen LogP contribution in [0.4, 0.5) is 10.3 Å². The highest BCUT2D eigenvalue weighted by Gasteiger charge is 2.34. The Labute approximate surface area is 162 Å². The van der Waals surface area contributed by atoms with E-state index in [4.69, 9.17) is 0 Å². The monoisotopic (exact) mass is 385 g/mol. The standard InChI is InChI=1S/C19H23N5O2S/c25-16-9-5-13-24(16)19-22-21-18(27-19)23-12-4-8-15(23)17(26)20-11-10-14-6-2-1-3-7-14/h1-3,6-7,15H,4-5,8-13H2,(H,20,26)/t15-/m1/s1. The Hall–Kier alpha value is -2.48. The number of aromatic nitrogens is 2. The maximum atomic E-state index is 12.7. The smallest absolute Gasteiger partial charge is 0.242 e. The maximum absolute atomic E-state index is 12.7. The summed E-state index contributed by atoms with van der Waals surface area (Å²) in [7, 11) is 0. The quantitative estimate of drug-likeness (QED) is 0.823. The van der Waals surface area contributed by atoms with Gasteiger partial charge in [-0.25, -0.2) is 0 Å². The Kier molecular flexibility index (Phi) is 5.33. The third-order valence-corrected chi connectivity index (χ3v) is 6.05. The first-order valence-corrected chi connectivity index (χ1v) is 10.3. The van der Waals surface area contributed by atoms with E-state index in [9.17, 15) is 9.59 Å². The first-order valence-electron chi connectivity index (χ1n) is 9.44. The molecule has 1 N–H and O–H groups in total. The lowest BCUT2D eigenvalue weighted by Gasteiger charge is -2.22. The lowest BCUT2D eigenvalue weighted by molar-refractivity contribution is -0.122. The van der Waals surface area contributed by atoms with Crippen molar-refractivity contribution in [3.05, 3.63) is 35.9 Å². The van der Waals surface area contributed by atoms with E-state index in [1.165, 1.54) is 16.9 Å². The molecule has 4 rings (SSSR count). The lowest BCUT2D eigenvalue weighted by Crippen LogP contribution is -2.44. The van der Waals surface area contributed by atoms with Crippen LogP contribution in [0.3, 0.4) is 0 Å². The highest BCUT2D eigenvalue weighted by atomic mass is 32.1. The molecule has 1 atom stereocenters. The molecule has 2 aliphatic rings. The number of hydrogen-bond acceptors (Lipinski definition) is 6. The van der Waals surface area contributed by atoms with Crippen LogP contribution < -0.4 is 15.1 Å². The number of carbonyl (C=O) groups excluding carboxylic acids is 2. The molecule has 8 heteroatoms. The average molecular weight is 385 g/mol. The molecule has 0 saturated carbocycles. The molecule has 2 fully saturated rings. The van der Waals surface area contributed by atoms with Crippen LogP contribution in [0.25, 0.3) is 0 Å². The van der Waals surface area contributed by atoms with Crippen molar-refractivity contribution in [3.63, 3.8) is 0 Å². The normalized spacial score (nSPS) is 19.7. The Bertz CT molecular complexity index is 809. The first kappa shape index (κ1) is 17.9. The Morgan fingerprint density at radius 2 is 1.96 bits per heavy atom. The van der Waals surface area contributed by atoms with Crippen LogP contribution in [0.2, 0.25) is 0 Å². The third kappa shape index (κ3) is 3.95. The molecule has 2 amide bonds. The number of nitrogens with one attached hydrogen (secondary N) is 1. The number of carbonyl (C=O) groups is 2. The van der Waals surface area contributed by atoms with Crippen LogP contribution in [0, 0.1) is 0 Å². The maximum Gasteiger partial charge on any atom is 0.242 e. The third-order valence-electron chi connectivity index (χ3n) is 5.06. The average Bonchev–Trinajstić information content (AvgIpc) is 3.42. The van der Waals surface area contributed by atoms with Crippen molar-refractivity contribution in [2.24, 2.45) is 0 Å². The molecule has 2 saturated heterocycles. The van der Waals surface area contributed by atoms with E-state index >= 15 is 0 Å². The van der Waals surface area contributed by atoms with Gasteiger partial charge in [-0.05, 0) is 31.2 Å². The van der Waals surface area contributed by atoms with Crippen molar-refractivity contribution < 1.29 is 9.59 Å². The Morgan fingerprint density at radius 3 is 2.74 bits per heavy atom. The second-order valence-electron chi connectivity index (χ2n) is 6.89. The first-order chi connectivity index (χ1) is 13.2. The van der Waals surface area contributed by atoms with Gasteiger partial charge in [0, 0.05) is 26.1 Å². The van der Waals surface area contributed by atoms with E-state index in [1.807, 2.05) is 23.1 Å². The molecule has 3 heterocycles. The minimum atomic E-state index is -0.212. The summed E-state index contributed by atoms with van der Waals surface area (Å²) in [4.78, 5) is 28.3. The van der Waals surface area contributed by atoms with Gasteiger partial charge in [-0.15, -0.1) is 10.2 Å². The molecule has 2 aliphatic heterocycles. The fourth-order valence-corrected chi connectivity index (χ4v) is 4.61. The summed E-state index contributed by atoms with van der Waals surface area (Å²) in [6.07, 6.45) is 4.03. The van der Waals surface area contributed by atoms with Gasteiger partial charge in [0.15, 0.2) is 0 Å². The number of hydrogen-bond donors (Lipinski definition) is 1. The summed E-state index contributed by atoms with van der Waals surface area (Å²) in [6, 6.07) is 9.93. The largest absolute Gasteiger partial charge is 0.354 e. The van der Waals surface area contributed by atoms with Crippen LogP contribution in [0.1, 0.15) is 31.2 Å². The fraction of sp³-hybridized carbons (Fsp3) is 0.474. The van der Waals surface area contributed by atoms with E-state index in [0.29, 0.717) is 24.6 Å². The van der Waals surface area contributed by atoms with E-state index in [2.05, 4.69) is 27.6 Å². The summed E-state index contributed by atoms with van der Waals surface area (Å²) in [6.45, 7) is 2.12. The molecular formula is C19H23N5O2S. The SMILES string of the molecule is O=C(NCCc1ccccc1)[C@H]1CCCN1c1nnc(N2CCCC2=O)s1. The van der Waals surface area contributed by atoms with Crippen LogP contribution in [-0.2, 0) is 16.0 Å². The number of rotatable bonds is 6. The van der Waals surface area contributed by atoms with Crippen molar-refractivity contribution in [2.75, 3.05) is 29.4 Å². The van der Waals surface area contributed by atoms with Gasteiger partial charge in [0.05, 0.1) is 0 Å². The van der Waals surface area contributed by atoms with E-state index in [1.54, 1.807) is 4.90 Å². The molecule has 0 unspecified atom stereocenters. The van der Waals surface area contributed by atoms with Gasteiger partial charge in [-0.2, -0.15) is 0 Å². The minimum absolute atomic E-state index is 0.0393. The van der Waals surface area contributed by atoms with Crippen molar-refractivity contribution in [1.29, 1.82) is 0 Å². The molecule has 0 radical (unpaired) electrons. The zero-order valence-corrected chi connectivity index (χ0v) is 16.0. The molecular weight excluding hydrogens is 362 g/mol. The summed E-state index contributed by atoms with van der Waals surface area (Å²) >= 11 is 1.40. The van der Waals surface area contributed by atoms with Gasteiger partial charge < -0.3 is 10.2 Å². The van der Waals surface area contributed by atoms with Gasteiger partial charge in [-0.1, -0.05) is 41.7 Å². The number of anilines is 2. The molecule has 0 bridgehead atoms. The predicted molar refractivity (Wildman–Crippen MR) is 105 cm³/mol. The zero-order chi connectivity index (χ0) is 18.6. The van der Waals surface area contributed by atoms with Crippen LogP contribution >= 0.6 is 11.3 Å². The molecule has 7 nitrogen and oxygen atoms in total. The Balaban J connectivity index is 1.36. The second-order valence-corrected chi connectivity index (χ2v) is 7.83. The number of benzene rings is 1. The van der Waals surface area contributed by atoms with Crippen molar-refractivity contribution >= 4 is 33.4 Å². The number of nitrogens with zero attached hydrogens (tertiary/aromatic N) is 4. The topological polar surface area (TPSA) is 78.4 Å². The van der Waals surface area contributed by atoms with Crippen molar-refractivity contribution in [1.82, 2.24) is 15.5 Å². The van der Waals surface area contributed by atoms with E-state index in [-0.39, 0.29) is 17.9 Å². The van der Waals surface area contributed by atoms with Gasteiger partial charge in [-0.3, -0.25) is 14.5 Å². The Morgan fingerprint density at radius 1 is 1.15 bits per heavy atom. The van der Waals surface area contributed by atoms with Crippen molar-refractivity contribution in [2.45, 2.75) is 38.1 Å². The number of amides is 2. The van der Waals surface area contributed by atoms with Crippen LogP contribution in [0.15, 0.2) is 30.3 Å². The molecule has 1 aromatic heterocycles. The second kappa shape index (κ2) is 8.04. The molecule has 0 spiro atoms. The zero-order valence-electron chi connectivity index (χ0n) is 15.1. The van der Waals surface area contributed by atoms with Crippen LogP contribution in [0.5, 0.6) is 0 Å². The molecule has 1 aromatic carbocycles. The fourth-order valence-electron chi connectivity index (χ4n) is 3.64. The summed E-state index contributed by atoms with van der Waals surface area (Å²) in [5.74, 6) is 0.145. The predicted octanol–water partition coefficient (Wildman–Crippen LogP) is 1.99. The van der Waals surface area contributed by atoms with E-state index < -0.39 is 0 Å². The highest BCUT2D eigenvalue weighted by molar-refractivity contribution is 7.19. The van der Waals surface area contributed by atoms with Crippen molar-refractivity contribution in [3.8, 4) is 0 Å². The molecule has 142 valence electrons. The minimum Gasteiger partial charge on any atom is -0.354 e. The summed E-state index contributed by atoms with van der Waals surface area (Å²) in [5.41, 5.74) is 1.21. The van der Waals surface area contributed by atoms with E-state index in [0.717, 1.165) is 37.4 Å². The molecule has 0 aliphatic carbocycles. The van der Waals surface area contributed by atoms with Gasteiger partial charge in [0.1, 0.15) is 6.04 Å². The van der Waals surface area contributed by atoms with Gasteiger partial charge in [0.25, 0.3) is 0 Å². The summed E-state index contributed by atoms with van der Waals surface area (Å²) < 4.78 is 0. The van der Waals surface area contributed by atoms with Gasteiger partial charge in [0.2, 0.25) is 22.1 Å². The van der Waals surface area contributed by atoms with Crippen LogP contribution in [-0.4, -0.2) is 47.7 Å². The molecule has 2 aromatic rings. The van der Waals surface area contributed by atoms with Gasteiger partial charge >= 0.3 is 0 Å². The lowest BCUT2D eigenvalue weighted by atomic mass is 10.1. The summed E-state index contributed by atoms with van der Waals surface area (Å²) in [5, 5.41) is 12.9. The molecule has 27 heavy (non-hydrogen) atoms.